The second-order valence-electron chi connectivity index (χ2n) is 5.18. The van der Waals surface area contributed by atoms with E-state index in [1.807, 2.05) is 26.8 Å². The smallest absolute Gasteiger partial charge is 0.345 e. The molecule has 0 aromatic heterocycles. The van der Waals surface area contributed by atoms with Crippen LogP contribution in [0.15, 0.2) is 24.3 Å². The van der Waals surface area contributed by atoms with E-state index in [9.17, 15) is 4.79 Å². The van der Waals surface area contributed by atoms with Crippen molar-refractivity contribution in [1.82, 2.24) is 0 Å². The molecule has 3 heteroatoms. The molecule has 16 heavy (non-hydrogen) atoms. The molecule has 2 rings (SSSR count). The molecule has 1 aliphatic rings. The molecule has 3 nitrogen and oxygen atoms in total. The Morgan fingerprint density at radius 1 is 1.12 bits per heavy atom. The number of cyclic esters (lactones) is 1. The second kappa shape index (κ2) is 3.24. The lowest BCUT2D eigenvalue weighted by molar-refractivity contribution is -0.202. The molecule has 0 saturated heterocycles. The van der Waals surface area contributed by atoms with E-state index in [1.54, 1.807) is 25.1 Å². The highest BCUT2D eigenvalue weighted by atomic mass is 16.7. The summed E-state index contributed by atoms with van der Waals surface area (Å²) in [7, 11) is 0. The first-order valence-corrected chi connectivity index (χ1v) is 5.35. The van der Waals surface area contributed by atoms with Crippen LogP contribution < -0.4 is 4.74 Å². The molecule has 0 N–H and O–H groups in total. The lowest BCUT2D eigenvalue weighted by Crippen LogP contribution is -2.51. The molecule has 1 aliphatic heterocycles. The molecule has 0 aliphatic carbocycles. The molecule has 1 aromatic carbocycles. The highest BCUT2D eigenvalue weighted by Crippen LogP contribution is 2.40. The third-order valence-corrected chi connectivity index (χ3v) is 3.06. The first-order valence-electron chi connectivity index (χ1n) is 5.35. The van der Waals surface area contributed by atoms with Gasteiger partial charge in [-0.3, -0.25) is 0 Å². The van der Waals surface area contributed by atoms with Gasteiger partial charge in [-0.05, 0) is 12.1 Å². The second-order valence-corrected chi connectivity index (χ2v) is 5.18. The molecule has 1 heterocycles. The van der Waals surface area contributed by atoms with E-state index in [1.165, 1.54) is 0 Å². The maximum absolute atomic E-state index is 11.8. The maximum Gasteiger partial charge on any atom is 0.345 e. The summed E-state index contributed by atoms with van der Waals surface area (Å²) in [5.41, 5.74) is 0.208. The molecule has 0 radical (unpaired) electrons. The average Bonchev–Trinajstić information content (AvgIpc) is 2.15. The molecule has 0 bridgehead atoms. The van der Waals surface area contributed by atoms with Crippen LogP contribution in [0.3, 0.4) is 0 Å². The Kier molecular flexibility index (Phi) is 2.22. The number of para-hydroxylation sites is 1. The van der Waals surface area contributed by atoms with Crippen molar-refractivity contribution in [3.8, 4) is 5.75 Å². The SMILES string of the molecule is CC(C)(C)C1(C)OC(=O)c2ccccc2O1. The molecule has 0 fully saturated rings. The minimum absolute atomic E-state index is 0.282. The monoisotopic (exact) mass is 220 g/mol. The lowest BCUT2D eigenvalue weighted by atomic mass is 9.85. The molecule has 0 amide bonds. The molecule has 0 saturated carbocycles. The number of ether oxygens (including phenoxy) is 2. The van der Waals surface area contributed by atoms with Crippen LogP contribution in [0.25, 0.3) is 0 Å². The summed E-state index contributed by atoms with van der Waals surface area (Å²) in [5.74, 6) is -0.645. The fraction of sp³-hybridized carbons (Fsp3) is 0.462. The topological polar surface area (TPSA) is 35.5 Å². The summed E-state index contributed by atoms with van der Waals surface area (Å²) >= 11 is 0. The van der Waals surface area contributed by atoms with E-state index >= 15 is 0 Å². The Bertz CT molecular complexity index is 431. The molecule has 86 valence electrons. The van der Waals surface area contributed by atoms with Gasteiger partial charge in [0.2, 0.25) is 0 Å². The number of benzene rings is 1. The maximum atomic E-state index is 11.8. The zero-order valence-electron chi connectivity index (χ0n) is 10.0. The molecule has 1 unspecified atom stereocenters. The van der Waals surface area contributed by atoms with E-state index in [-0.39, 0.29) is 11.4 Å². The minimum atomic E-state index is -0.918. The normalized spacial score (nSPS) is 24.4. The Morgan fingerprint density at radius 3 is 2.38 bits per heavy atom. The average molecular weight is 220 g/mol. The minimum Gasteiger partial charge on any atom is -0.451 e. The largest absolute Gasteiger partial charge is 0.451 e. The molecular formula is C13H16O3. The van der Waals surface area contributed by atoms with Crippen molar-refractivity contribution in [1.29, 1.82) is 0 Å². The van der Waals surface area contributed by atoms with Crippen molar-refractivity contribution >= 4 is 5.97 Å². The summed E-state index contributed by atoms with van der Waals surface area (Å²) in [6.07, 6.45) is 0. The third kappa shape index (κ3) is 1.56. The van der Waals surface area contributed by atoms with Crippen LogP contribution in [0.1, 0.15) is 38.1 Å². The van der Waals surface area contributed by atoms with Crippen LogP contribution in [0.4, 0.5) is 0 Å². The summed E-state index contributed by atoms with van der Waals surface area (Å²) in [4.78, 5) is 11.8. The van der Waals surface area contributed by atoms with E-state index in [4.69, 9.17) is 9.47 Å². The van der Waals surface area contributed by atoms with E-state index in [0.29, 0.717) is 11.3 Å². The number of esters is 1. The number of carbonyl (C=O) groups is 1. The standard InChI is InChI=1S/C13H16O3/c1-12(2,3)13(4)15-10-8-6-5-7-9(10)11(14)16-13/h5-8H,1-4H3. The summed E-state index contributed by atoms with van der Waals surface area (Å²) < 4.78 is 11.2. The van der Waals surface area contributed by atoms with Crippen LogP contribution in [0.5, 0.6) is 5.75 Å². The first-order chi connectivity index (χ1) is 7.33. The van der Waals surface area contributed by atoms with Gasteiger partial charge < -0.3 is 9.47 Å². The van der Waals surface area contributed by atoms with Gasteiger partial charge in [-0.1, -0.05) is 32.9 Å². The zero-order chi connectivity index (χ0) is 12.0. The predicted molar refractivity (Wildman–Crippen MR) is 60.3 cm³/mol. The van der Waals surface area contributed by atoms with Gasteiger partial charge in [-0.25, -0.2) is 4.79 Å². The molecule has 0 spiro atoms. The third-order valence-electron chi connectivity index (χ3n) is 3.06. The Balaban J connectivity index is 2.46. The van der Waals surface area contributed by atoms with Crippen LogP contribution in [0, 0.1) is 5.41 Å². The van der Waals surface area contributed by atoms with Crippen LogP contribution >= 0.6 is 0 Å². The van der Waals surface area contributed by atoms with Crippen LogP contribution in [-0.4, -0.2) is 11.8 Å². The Morgan fingerprint density at radius 2 is 1.75 bits per heavy atom. The van der Waals surface area contributed by atoms with Gasteiger partial charge in [-0.2, -0.15) is 0 Å². The number of hydrogen-bond acceptors (Lipinski definition) is 3. The van der Waals surface area contributed by atoms with Crippen molar-refractivity contribution in [3.05, 3.63) is 29.8 Å². The Labute approximate surface area is 95.4 Å². The fourth-order valence-electron chi connectivity index (χ4n) is 1.49. The van der Waals surface area contributed by atoms with E-state index < -0.39 is 5.79 Å². The molecule has 1 atom stereocenters. The van der Waals surface area contributed by atoms with E-state index in [0.717, 1.165) is 0 Å². The van der Waals surface area contributed by atoms with Crippen molar-refractivity contribution in [2.75, 3.05) is 0 Å². The fourth-order valence-corrected chi connectivity index (χ4v) is 1.49. The van der Waals surface area contributed by atoms with Gasteiger partial charge in [0.15, 0.2) is 0 Å². The van der Waals surface area contributed by atoms with Gasteiger partial charge in [0.05, 0.1) is 0 Å². The highest BCUT2D eigenvalue weighted by Gasteiger charge is 2.47. The summed E-state index contributed by atoms with van der Waals surface area (Å²) in [6, 6.07) is 7.14. The lowest BCUT2D eigenvalue weighted by Gasteiger charge is -2.43. The Hall–Kier alpha value is -1.51. The number of carbonyl (C=O) groups excluding carboxylic acids is 1. The van der Waals surface area contributed by atoms with Gasteiger partial charge in [0.25, 0.3) is 5.79 Å². The van der Waals surface area contributed by atoms with Gasteiger partial charge in [0.1, 0.15) is 11.3 Å². The van der Waals surface area contributed by atoms with Crippen molar-refractivity contribution in [2.45, 2.75) is 33.5 Å². The van der Waals surface area contributed by atoms with Crippen molar-refractivity contribution in [3.63, 3.8) is 0 Å². The summed E-state index contributed by atoms with van der Waals surface area (Å²) in [6.45, 7) is 7.73. The number of rotatable bonds is 0. The quantitative estimate of drug-likeness (QED) is 0.630. The van der Waals surface area contributed by atoms with Crippen LogP contribution in [0.2, 0.25) is 0 Å². The zero-order valence-corrected chi connectivity index (χ0v) is 10.0. The van der Waals surface area contributed by atoms with Gasteiger partial charge in [0, 0.05) is 12.3 Å². The van der Waals surface area contributed by atoms with Crippen molar-refractivity contribution < 1.29 is 14.3 Å². The number of hydrogen-bond donors (Lipinski definition) is 0. The molecular weight excluding hydrogens is 204 g/mol. The summed E-state index contributed by atoms with van der Waals surface area (Å²) in [5, 5.41) is 0. The molecule has 1 aromatic rings. The van der Waals surface area contributed by atoms with Gasteiger partial charge in [-0.15, -0.1) is 0 Å². The van der Waals surface area contributed by atoms with Crippen molar-refractivity contribution in [2.24, 2.45) is 5.41 Å². The number of fused-ring (bicyclic) bond motifs is 1. The van der Waals surface area contributed by atoms with E-state index in [2.05, 4.69) is 0 Å². The first kappa shape index (κ1) is 11.0. The predicted octanol–water partition coefficient (Wildman–Crippen LogP) is 3.00. The van der Waals surface area contributed by atoms with Gasteiger partial charge >= 0.3 is 5.97 Å². The highest BCUT2D eigenvalue weighted by molar-refractivity contribution is 5.93. The van der Waals surface area contributed by atoms with Crippen LogP contribution in [-0.2, 0) is 4.74 Å².